The number of hydrogen-bond acceptors (Lipinski definition) is 11. The van der Waals surface area contributed by atoms with E-state index in [-0.39, 0.29) is 35.9 Å². The molecule has 2 aromatic rings. The second-order valence-electron chi connectivity index (χ2n) is 8.47. The first-order chi connectivity index (χ1) is 18.1. The summed E-state index contributed by atoms with van der Waals surface area (Å²) in [6.45, 7) is -0.993. The lowest BCUT2D eigenvalue weighted by molar-refractivity contribution is -0.140. The largest absolute Gasteiger partial charge is 0.497 e. The SMILES string of the molecule is COc1ccc2c(c1)N(CC(=O)O)/C(=C(\C=c1/s/c(=C3\SC(=S)N(O)C3=O)n(CC(=O)O)c1=O)C1CC1)S2. The Bertz CT molecular complexity index is 1620. The van der Waals surface area contributed by atoms with Gasteiger partial charge in [0.1, 0.15) is 28.4 Å². The zero-order chi connectivity index (χ0) is 27.3. The molecule has 5 rings (SSSR count). The molecule has 1 aliphatic carbocycles. The molecule has 0 radical (unpaired) electrons. The van der Waals surface area contributed by atoms with E-state index in [9.17, 15) is 34.6 Å². The first-order valence-corrected chi connectivity index (χ1v) is 14.0. The lowest BCUT2D eigenvalue weighted by Crippen LogP contribution is -2.35. The number of allylic oxidation sites excluding steroid dienone is 1. The number of carbonyl (C=O) groups is 3. The third-order valence-corrected chi connectivity index (χ3v) is 9.71. The number of fused-ring (bicyclic) bond motifs is 1. The van der Waals surface area contributed by atoms with Crippen LogP contribution in [0, 0.1) is 5.92 Å². The molecule has 2 aliphatic heterocycles. The molecule has 0 spiro atoms. The molecule has 198 valence electrons. The van der Waals surface area contributed by atoms with Crippen molar-refractivity contribution in [3.63, 3.8) is 0 Å². The summed E-state index contributed by atoms with van der Waals surface area (Å²) in [5.74, 6) is -2.49. The first-order valence-electron chi connectivity index (χ1n) is 11.1. The van der Waals surface area contributed by atoms with Crippen LogP contribution in [0.15, 0.2) is 38.5 Å². The number of anilines is 1. The summed E-state index contributed by atoms with van der Waals surface area (Å²) in [5, 5.41) is 29.9. The summed E-state index contributed by atoms with van der Waals surface area (Å²) in [5.41, 5.74) is 0.823. The van der Waals surface area contributed by atoms with E-state index >= 15 is 0 Å². The number of aliphatic carboxylic acids is 2. The van der Waals surface area contributed by atoms with Crippen molar-refractivity contribution in [3.8, 4) is 5.75 Å². The lowest BCUT2D eigenvalue weighted by atomic mass is 10.1. The Morgan fingerprint density at radius 1 is 1.16 bits per heavy atom. The molecule has 3 N–H and O–H groups in total. The van der Waals surface area contributed by atoms with E-state index in [2.05, 4.69) is 0 Å². The van der Waals surface area contributed by atoms with Gasteiger partial charge in [-0.1, -0.05) is 11.8 Å². The number of benzene rings is 1. The van der Waals surface area contributed by atoms with Gasteiger partial charge in [-0.15, -0.1) is 11.3 Å². The van der Waals surface area contributed by atoms with Gasteiger partial charge in [-0.05, 0) is 66.5 Å². The van der Waals surface area contributed by atoms with Crippen molar-refractivity contribution in [3.05, 3.63) is 48.4 Å². The van der Waals surface area contributed by atoms with Crippen LogP contribution in [0.2, 0.25) is 0 Å². The van der Waals surface area contributed by atoms with Crippen molar-refractivity contribution in [2.24, 2.45) is 5.92 Å². The minimum absolute atomic E-state index is 0.0385. The molecule has 11 nitrogen and oxygen atoms in total. The molecule has 38 heavy (non-hydrogen) atoms. The second kappa shape index (κ2) is 10.2. The van der Waals surface area contributed by atoms with E-state index < -0.39 is 29.9 Å². The fourth-order valence-corrected chi connectivity index (χ4v) is 7.60. The average Bonchev–Trinajstić information content (AvgIpc) is 3.54. The van der Waals surface area contributed by atoms with E-state index in [0.29, 0.717) is 16.5 Å². The van der Waals surface area contributed by atoms with Gasteiger partial charge in [-0.2, -0.15) is 5.06 Å². The van der Waals surface area contributed by atoms with Gasteiger partial charge in [0.15, 0.2) is 4.32 Å². The third kappa shape index (κ3) is 4.87. The van der Waals surface area contributed by atoms with Gasteiger partial charge < -0.3 is 19.8 Å². The molecule has 3 heterocycles. The van der Waals surface area contributed by atoms with Crippen molar-refractivity contribution < 1.29 is 34.5 Å². The molecule has 0 atom stereocenters. The highest BCUT2D eigenvalue weighted by atomic mass is 32.2. The molecule has 3 aliphatic rings. The van der Waals surface area contributed by atoms with Crippen LogP contribution < -0.4 is 24.4 Å². The zero-order valence-corrected chi connectivity index (χ0v) is 22.8. The number of thioether (sulfide) groups is 2. The number of methoxy groups -OCH3 is 1. The van der Waals surface area contributed by atoms with Crippen LogP contribution in [0.1, 0.15) is 12.8 Å². The molecular weight excluding hydrogens is 575 g/mol. The Balaban J connectivity index is 1.73. The number of thiazole rings is 1. The fourth-order valence-electron chi connectivity index (χ4n) is 4.04. The van der Waals surface area contributed by atoms with Crippen LogP contribution in [0.25, 0.3) is 11.0 Å². The Morgan fingerprint density at radius 3 is 2.45 bits per heavy atom. The van der Waals surface area contributed by atoms with E-state index in [4.69, 9.17) is 17.0 Å². The molecule has 0 bridgehead atoms. The Kier molecular flexibility index (Phi) is 7.13. The number of amides is 1. The smallest absolute Gasteiger partial charge is 0.323 e. The number of aromatic nitrogens is 1. The minimum atomic E-state index is -1.28. The highest BCUT2D eigenvalue weighted by Crippen LogP contribution is 2.52. The first kappa shape index (κ1) is 26.5. The molecule has 15 heteroatoms. The number of carboxylic acid groups (broad SMARTS) is 2. The van der Waals surface area contributed by atoms with Crippen LogP contribution >= 0.6 is 47.1 Å². The number of rotatable bonds is 7. The van der Waals surface area contributed by atoms with Gasteiger partial charge in [-0.25, -0.2) is 0 Å². The van der Waals surface area contributed by atoms with E-state index in [0.717, 1.165) is 51.0 Å². The van der Waals surface area contributed by atoms with Crippen LogP contribution in [0.3, 0.4) is 0 Å². The van der Waals surface area contributed by atoms with Crippen LogP contribution in [0.5, 0.6) is 5.75 Å². The summed E-state index contributed by atoms with van der Waals surface area (Å²) < 4.78 is 6.43. The molecule has 1 aromatic carbocycles. The zero-order valence-electron chi connectivity index (χ0n) is 19.6. The van der Waals surface area contributed by atoms with Gasteiger partial charge in [0.25, 0.3) is 11.5 Å². The third-order valence-electron chi connectivity index (χ3n) is 5.90. The predicted molar refractivity (Wildman–Crippen MR) is 146 cm³/mol. The summed E-state index contributed by atoms with van der Waals surface area (Å²) >= 11 is 8.07. The number of carboxylic acids is 2. The molecule has 0 unspecified atom stereocenters. The summed E-state index contributed by atoms with van der Waals surface area (Å²) in [6, 6.07) is 5.39. The minimum Gasteiger partial charge on any atom is -0.497 e. The predicted octanol–water partition coefficient (Wildman–Crippen LogP) is 1.46. The van der Waals surface area contributed by atoms with Gasteiger partial charge in [0.05, 0.1) is 22.4 Å². The molecule has 1 saturated heterocycles. The fraction of sp³-hybridized carbons (Fsp3) is 0.261. The molecule has 2 fully saturated rings. The van der Waals surface area contributed by atoms with Crippen molar-refractivity contribution >= 4 is 85.9 Å². The quantitative estimate of drug-likeness (QED) is 0.315. The average molecular weight is 594 g/mol. The normalized spacial score (nSPS) is 20.3. The van der Waals surface area contributed by atoms with Crippen LogP contribution in [0.4, 0.5) is 5.69 Å². The molecule has 1 amide bonds. The van der Waals surface area contributed by atoms with Gasteiger partial charge >= 0.3 is 11.9 Å². The van der Waals surface area contributed by atoms with Crippen molar-refractivity contribution in [1.82, 2.24) is 9.63 Å². The Hall–Kier alpha value is -3.11. The summed E-state index contributed by atoms with van der Waals surface area (Å²) in [7, 11) is 1.52. The topological polar surface area (TPSA) is 150 Å². The maximum atomic E-state index is 13.4. The Morgan fingerprint density at radius 2 is 1.87 bits per heavy atom. The lowest BCUT2D eigenvalue weighted by Gasteiger charge is -2.20. The van der Waals surface area contributed by atoms with Crippen LogP contribution in [-0.4, -0.2) is 60.9 Å². The monoisotopic (exact) mass is 593 g/mol. The standard InChI is InChI=1S/C23H19N3O8S4/c1-34-11-4-5-14-13(6-11)24(8-16(27)28)21(36-14)12(10-2-3-10)7-15-19(31)25(9-17(29)30)22(37-15)18-20(32)26(33)23(35)38-18/h4-7,10,33H,2-3,8-9H2,1H3,(H,27,28)(H,29,30)/b15-7-,21-12-,22-18-. The number of carbonyl (C=O) groups excluding carboxylic acids is 1. The van der Waals surface area contributed by atoms with Gasteiger partial charge in [0, 0.05) is 11.0 Å². The number of ether oxygens (including phenoxy) is 1. The highest BCUT2D eigenvalue weighted by molar-refractivity contribution is 8.30. The van der Waals surface area contributed by atoms with E-state index in [1.54, 1.807) is 23.1 Å². The summed E-state index contributed by atoms with van der Waals surface area (Å²) in [4.78, 5) is 51.7. The van der Waals surface area contributed by atoms with Gasteiger partial charge in [-0.3, -0.25) is 29.0 Å². The van der Waals surface area contributed by atoms with E-state index in [1.807, 2.05) is 6.07 Å². The Labute approximate surface area is 232 Å². The summed E-state index contributed by atoms with van der Waals surface area (Å²) in [6.07, 6.45) is 3.35. The van der Waals surface area contributed by atoms with Crippen molar-refractivity contribution in [1.29, 1.82) is 0 Å². The number of hydroxylamine groups is 2. The number of nitrogens with zero attached hydrogens (tertiary/aromatic N) is 3. The second-order valence-corrected chi connectivity index (χ2v) is 12.2. The molecule has 1 aromatic heterocycles. The van der Waals surface area contributed by atoms with Crippen molar-refractivity contribution in [2.75, 3.05) is 18.6 Å². The maximum Gasteiger partial charge on any atom is 0.323 e. The number of thiocarbonyl (C=S) groups is 1. The maximum absolute atomic E-state index is 13.4. The van der Waals surface area contributed by atoms with Crippen LogP contribution in [-0.2, 0) is 20.9 Å². The highest BCUT2D eigenvalue weighted by Gasteiger charge is 2.36. The van der Waals surface area contributed by atoms with E-state index in [1.165, 1.54) is 18.9 Å². The molecular formula is C23H19N3O8S4. The number of hydrogen-bond donors (Lipinski definition) is 3. The van der Waals surface area contributed by atoms with Crippen molar-refractivity contribution in [2.45, 2.75) is 24.3 Å². The molecule has 1 saturated carbocycles. The van der Waals surface area contributed by atoms with Gasteiger partial charge in [0.2, 0.25) is 0 Å².